The van der Waals surface area contributed by atoms with Crippen molar-refractivity contribution in [3.63, 3.8) is 0 Å². The molecule has 1 amide bonds. The minimum absolute atomic E-state index is 0.0788. The Balaban J connectivity index is 1.66. The lowest BCUT2D eigenvalue weighted by Gasteiger charge is -2.10. The molecule has 3 aromatic rings. The van der Waals surface area contributed by atoms with Crippen LogP contribution in [0.4, 0.5) is 0 Å². The summed E-state index contributed by atoms with van der Waals surface area (Å²) in [6.07, 6.45) is 3.40. The molecule has 2 aromatic heterocycles. The smallest absolute Gasteiger partial charge is 0.251 e. The number of thiazole rings is 1. The zero-order valence-electron chi connectivity index (χ0n) is 11.0. The van der Waals surface area contributed by atoms with E-state index in [-0.39, 0.29) is 11.8 Å². The van der Waals surface area contributed by atoms with E-state index in [1.54, 1.807) is 29.9 Å². The lowest BCUT2D eigenvalue weighted by Crippen LogP contribution is -2.27. The van der Waals surface area contributed by atoms with Crippen molar-refractivity contribution in [1.82, 2.24) is 20.3 Å². The summed E-state index contributed by atoms with van der Waals surface area (Å²) in [6.45, 7) is 2.63. The van der Waals surface area contributed by atoms with E-state index in [1.165, 1.54) is 0 Å². The number of hydrogen-bond acceptors (Lipinski definition) is 4. The molecular formula is C14H14N4OS. The molecule has 0 aliphatic rings. The van der Waals surface area contributed by atoms with Gasteiger partial charge in [-0.2, -0.15) is 0 Å². The molecule has 20 heavy (non-hydrogen) atoms. The van der Waals surface area contributed by atoms with Crippen LogP contribution in [-0.2, 0) is 0 Å². The fourth-order valence-electron chi connectivity index (χ4n) is 1.99. The Morgan fingerprint density at radius 3 is 3.15 bits per heavy atom. The summed E-state index contributed by atoms with van der Waals surface area (Å²) in [6, 6.07) is 5.43. The van der Waals surface area contributed by atoms with Crippen molar-refractivity contribution in [3.05, 3.63) is 46.7 Å². The maximum absolute atomic E-state index is 12.1. The quantitative estimate of drug-likeness (QED) is 0.774. The van der Waals surface area contributed by atoms with Crippen LogP contribution in [0.2, 0.25) is 0 Å². The second-order valence-electron chi connectivity index (χ2n) is 4.62. The van der Waals surface area contributed by atoms with Gasteiger partial charge in [-0.15, -0.1) is 11.3 Å². The highest BCUT2D eigenvalue weighted by molar-refractivity contribution is 7.09. The Labute approximate surface area is 120 Å². The molecule has 0 saturated carbocycles. The Bertz CT molecular complexity index is 720. The second-order valence-corrected chi connectivity index (χ2v) is 5.54. The first-order valence-electron chi connectivity index (χ1n) is 6.35. The first kappa shape index (κ1) is 12.8. The lowest BCUT2D eigenvalue weighted by molar-refractivity contribution is 0.0952. The van der Waals surface area contributed by atoms with Gasteiger partial charge in [-0.3, -0.25) is 4.79 Å². The van der Waals surface area contributed by atoms with Gasteiger partial charge >= 0.3 is 0 Å². The highest BCUT2D eigenvalue weighted by Gasteiger charge is 2.11. The van der Waals surface area contributed by atoms with Crippen LogP contribution < -0.4 is 5.32 Å². The maximum atomic E-state index is 12.1. The second kappa shape index (κ2) is 5.42. The van der Waals surface area contributed by atoms with Crippen LogP contribution >= 0.6 is 11.3 Å². The van der Waals surface area contributed by atoms with Gasteiger partial charge in [0.05, 0.1) is 22.4 Å². The number of aromatic nitrogens is 3. The fraction of sp³-hybridized carbons (Fsp3) is 0.214. The highest BCUT2D eigenvalue weighted by atomic mass is 32.1. The Morgan fingerprint density at radius 1 is 1.45 bits per heavy atom. The molecule has 6 heteroatoms. The number of nitrogens with one attached hydrogen (secondary N) is 2. The Hall–Kier alpha value is -2.21. The van der Waals surface area contributed by atoms with Gasteiger partial charge in [-0.25, -0.2) is 9.97 Å². The van der Waals surface area contributed by atoms with Crippen molar-refractivity contribution in [3.8, 4) is 0 Å². The lowest BCUT2D eigenvalue weighted by atomic mass is 10.1. The van der Waals surface area contributed by atoms with Crippen LogP contribution in [0.25, 0.3) is 11.0 Å². The standard InChI is InChI=1S/C14H14N4OS/c1-9(14-15-4-5-20-14)7-16-13(19)10-2-3-11-12(6-10)18-8-17-11/h2-6,8-9H,7H2,1H3,(H,16,19)(H,17,18). The number of amides is 1. The summed E-state index contributed by atoms with van der Waals surface area (Å²) in [7, 11) is 0. The molecule has 0 fully saturated rings. The Kier molecular flexibility index (Phi) is 3.47. The molecule has 1 unspecified atom stereocenters. The van der Waals surface area contributed by atoms with Crippen molar-refractivity contribution < 1.29 is 4.79 Å². The molecule has 3 rings (SSSR count). The molecule has 2 heterocycles. The van der Waals surface area contributed by atoms with Crippen molar-refractivity contribution >= 4 is 28.3 Å². The van der Waals surface area contributed by atoms with E-state index in [0.717, 1.165) is 16.0 Å². The van der Waals surface area contributed by atoms with Crippen LogP contribution in [-0.4, -0.2) is 27.4 Å². The van der Waals surface area contributed by atoms with Crippen molar-refractivity contribution in [2.45, 2.75) is 12.8 Å². The molecule has 2 N–H and O–H groups in total. The summed E-state index contributed by atoms with van der Waals surface area (Å²) in [5.74, 6) is 0.139. The summed E-state index contributed by atoms with van der Waals surface area (Å²) in [4.78, 5) is 23.5. The largest absolute Gasteiger partial charge is 0.351 e. The molecule has 5 nitrogen and oxygen atoms in total. The number of nitrogens with zero attached hydrogens (tertiary/aromatic N) is 2. The predicted molar refractivity (Wildman–Crippen MR) is 79.0 cm³/mol. The number of aromatic amines is 1. The zero-order valence-corrected chi connectivity index (χ0v) is 11.8. The average Bonchev–Trinajstić information content (AvgIpc) is 3.13. The predicted octanol–water partition coefficient (Wildman–Crippen LogP) is 2.55. The molecule has 0 radical (unpaired) electrons. The third kappa shape index (κ3) is 2.55. The van der Waals surface area contributed by atoms with Gasteiger partial charge in [0, 0.05) is 29.6 Å². The van der Waals surface area contributed by atoms with Crippen LogP contribution in [0.1, 0.15) is 28.2 Å². The van der Waals surface area contributed by atoms with Gasteiger partial charge in [0.25, 0.3) is 5.91 Å². The van der Waals surface area contributed by atoms with Gasteiger partial charge in [-0.05, 0) is 18.2 Å². The van der Waals surface area contributed by atoms with Crippen LogP contribution in [0.5, 0.6) is 0 Å². The summed E-state index contributed by atoms with van der Waals surface area (Å²) in [5.41, 5.74) is 2.36. The molecule has 0 aliphatic heterocycles. The molecule has 1 aromatic carbocycles. The SMILES string of the molecule is CC(CNC(=O)c1ccc2nc[nH]c2c1)c1nccs1. The number of hydrogen-bond donors (Lipinski definition) is 2. The minimum Gasteiger partial charge on any atom is -0.351 e. The third-order valence-corrected chi connectivity index (χ3v) is 4.13. The van der Waals surface area contributed by atoms with Crippen LogP contribution in [0, 0.1) is 0 Å². The molecule has 0 aliphatic carbocycles. The van der Waals surface area contributed by atoms with E-state index in [9.17, 15) is 4.79 Å². The van der Waals surface area contributed by atoms with Crippen molar-refractivity contribution in [2.24, 2.45) is 0 Å². The van der Waals surface area contributed by atoms with E-state index < -0.39 is 0 Å². The van der Waals surface area contributed by atoms with Crippen LogP contribution in [0.15, 0.2) is 36.1 Å². The molecule has 1 atom stereocenters. The van der Waals surface area contributed by atoms with Gasteiger partial charge < -0.3 is 10.3 Å². The number of carbonyl (C=O) groups excluding carboxylic acids is 1. The van der Waals surface area contributed by atoms with E-state index in [0.29, 0.717) is 12.1 Å². The molecule has 0 bridgehead atoms. The van der Waals surface area contributed by atoms with Gasteiger partial charge in [0.2, 0.25) is 0 Å². The highest BCUT2D eigenvalue weighted by Crippen LogP contribution is 2.17. The number of rotatable bonds is 4. The molecule has 0 spiro atoms. The van der Waals surface area contributed by atoms with E-state index in [1.807, 2.05) is 17.5 Å². The molecular weight excluding hydrogens is 272 g/mol. The van der Waals surface area contributed by atoms with Crippen molar-refractivity contribution in [2.75, 3.05) is 6.54 Å². The number of imidazole rings is 1. The molecule has 102 valence electrons. The summed E-state index contributed by atoms with van der Waals surface area (Å²) in [5, 5.41) is 5.92. The normalized spacial score (nSPS) is 12.4. The third-order valence-electron chi connectivity index (χ3n) is 3.12. The van der Waals surface area contributed by atoms with E-state index in [2.05, 4.69) is 27.2 Å². The van der Waals surface area contributed by atoms with Gasteiger partial charge in [0.1, 0.15) is 0 Å². The minimum atomic E-state index is -0.0788. The molecule has 0 saturated heterocycles. The van der Waals surface area contributed by atoms with Crippen LogP contribution in [0.3, 0.4) is 0 Å². The first-order valence-corrected chi connectivity index (χ1v) is 7.23. The van der Waals surface area contributed by atoms with Crippen molar-refractivity contribution in [1.29, 1.82) is 0 Å². The summed E-state index contributed by atoms with van der Waals surface area (Å²) < 4.78 is 0. The first-order chi connectivity index (χ1) is 9.74. The van der Waals surface area contributed by atoms with Gasteiger partial charge in [-0.1, -0.05) is 6.92 Å². The van der Waals surface area contributed by atoms with Gasteiger partial charge in [0.15, 0.2) is 0 Å². The number of H-pyrrole nitrogens is 1. The maximum Gasteiger partial charge on any atom is 0.251 e. The zero-order chi connectivity index (χ0) is 13.9. The number of benzene rings is 1. The Morgan fingerprint density at radius 2 is 2.35 bits per heavy atom. The fourth-order valence-corrected chi connectivity index (χ4v) is 2.69. The monoisotopic (exact) mass is 286 g/mol. The van der Waals surface area contributed by atoms with E-state index >= 15 is 0 Å². The number of carbonyl (C=O) groups is 1. The average molecular weight is 286 g/mol. The van der Waals surface area contributed by atoms with E-state index in [4.69, 9.17) is 0 Å². The number of fused-ring (bicyclic) bond motifs is 1. The topological polar surface area (TPSA) is 70.7 Å². The summed E-state index contributed by atoms with van der Waals surface area (Å²) >= 11 is 1.61.